The molecule has 0 heterocycles. The van der Waals surface area contributed by atoms with E-state index in [1.54, 1.807) is 0 Å². The second-order valence-electron chi connectivity index (χ2n) is 2.79. The Hall–Kier alpha value is -0.740. The van der Waals surface area contributed by atoms with Gasteiger partial charge >= 0.3 is 0 Å². The molecule has 4 nitrogen and oxygen atoms in total. The van der Waals surface area contributed by atoms with E-state index < -0.39 is 12.2 Å². The first-order valence-electron chi connectivity index (χ1n) is 3.80. The van der Waals surface area contributed by atoms with Gasteiger partial charge in [-0.25, -0.2) is 0 Å². The van der Waals surface area contributed by atoms with Crippen LogP contribution in [0.15, 0.2) is 0 Å². The summed E-state index contributed by atoms with van der Waals surface area (Å²) in [6.45, 7) is 0. The van der Waals surface area contributed by atoms with E-state index in [-0.39, 0.29) is 24.4 Å². The van der Waals surface area contributed by atoms with Gasteiger partial charge in [0.15, 0.2) is 11.6 Å². The van der Waals surface area contributed by atoms with Gasteiger partial charge in [-0.1, -0.05) is 0 Å². The zero-order valence-corrected chi connectivity index (χ0v) is 7.20. The Morgan fingerprint density at radius 2 is 1.33 bits per heavy atom. The van der Waals surface area contributed by atoms with E-state index in [9.17, 15) is 9.59 Å². The molecule has 0 N–H and O–H groups in total. The predicted molar refractivity (Wildman–Crippen MR) is 40.8 cm³/mol. The molecular weight excluding hydrogens is 160 g/mol. The van der Waals surface area contributed by atoms with E-state index in [2.05, 4.69) is 0 Å². The summed E-state index contributed by atoms with van der Waals surface area (Å²) in [5, 5.41) is 0. The first-order chi connectivity index (χ1) is 5.69. The molecule has 1 aliphatic rings. The van der Waals surface area contributed by atoms with Gasteiger partial charge in [0, 0.05) is 27.1 Å². The molecule has 0 radical (unpaired) electrons. The number of rotatable bonds is 2. The normalized spacial score (nSPS) is 30.8. The SMILES string of the molecule is COC1CC(=O)C(OC)CC1=O. The van der Waals surface area contributed by atoms with Gasteiger partial charge in [-0.05, 0) is 0 Å². The van der Waals surface area contributed by atoms with Crippen molar-refractivity contribution in [3.8, 4) is 0 Å². The Kier molecular flexibility index (Phi) is 2.94. The molecule has 0 saturated heterocycles. The number of ketones is 2. The van der Waals surface area contributed by atoms with Crippen molar-refractivity contribution in [3.63, 3.8) is 0 Å². The van der Waals surface area contributed by atoms with E-state index in [0.717, 1.165) is 0 Å². The molecule has 0 amide bonds. The number of hydrogen-bond acceptors (Lipinski definition) is 4. The largest absolute Gasteiger partial charge is 0.373 e. The summed E-state index contributed by atoms with van der Waals surface area (Å²) in [5.74, 6) is -0.104. The Morgan fingerprint density at radius 3 is 1.58 bits per heavy atom. The topological polar surface area (TPSA) is 52.6 Å². The maximum absolute atomic E-state index is 11.2. The van der Waals surface area contributed by atoms with Crippen LogP contribution in [-0.4, -0.2) is 38.0 Å². The van der Waals surface area contributed by atoms with Crippen LogP contribution >= 0.6 is 0 Å². The lowest BCUT2D eigenvalue weighted by Gasteiger charge is -2.23. The predicted octanol–water partition coefficient (Wildman–Crippen LogP) is -0.0516. The second-order valence-corrected chi connectivity index (χ2v) is 2.79. The van der Waals surface area contributed by atoms with Gasteiger partial charge in [0.05, 0.1) is 0 Å². The highest BCUT2D eigenvalue weighted by molar-refractivity contribution is 5.99. The van der Waals surface area contributed by atoms with Crippen LogP contribution in [0.2, 0.25) is 0 Å². The zero-order chi connectivity index (χ0) is 9.14. The Bertz CT molecular complexity index is 177. The quantitative estimate of drug-likeness (QED) is 0.586. The van der Waals surface area contributed by atoms with Crippen LogP contribution in [0.3, 0.4) is 0 Å². The molecule has 1 rings (SSSR count). The molecule has 0 aromatic rings. The highest BCUT2D eigenvalue weighted by Crippen LogP contribution is 2.16. The molecule has 1 aliphatic carbocycles. The van der Waals surface area contributed by atoms with Crippen molar-refractivity contribution >= 4 is 11.6 Å². The molecule has 68 valence electrons. The molecule has 0 aromatic carbocycles. The molecule has 1 saturated carbocycles. The fourth-order valence-corrected chi connectivity index (χ4v) is 1.29. The molecule has 0 spiro atoms. The van der Waals surface area contributed by atoms with Gasteiger partial charge in [0.2, 0.25) is 0 Å². The van der Waals surface area contributed by atoms with Crippen molar-refractivity contribution in [1.82, 2.24) is 0 Å². The third kappa shape index (κ3) is 1.70. The van der Waals surface area contributed by atoms with Gasteiger partial charge in [-0.3, -0.25) is 9.59 Å². The first kappa shape index (κ1) is 9.35. The van der Waals surface area contributed by atoms with Crippen LogP contribution in [0.4, 0.5) is 0 Å². The van der Waals surface area contributed by atoms with Gasteiger partial charge in [-0.2, -0.15) is 0 Å². The summed E-state index contributed by atoms with van der Waals surface area (Å²) in [6, 6.07) is 0. The van der Waals surface area contributed by atoms with Crippen molar-refractivity contribution < 1.29 is 19.1 Å². The molecule has 2 unspecified atom stereocenters. The molecule has 2 atom stereocenters. The summed E-state index contributed by atoms with van der Waals surface area (Å²) in [6.07, 6.45) is -0.811. The molecule has 0 aliphatic heterocycles. The van der Waals surface area contributed by atoms with E-state index in [1.807, 2.05) is 0 Å². The number of carbonyl (C=O) groups is 2. The fraction of sp³-hybridized carbons (Fsp3) is 0.750. The fourth-order valence-electron chi connectivity index (χ4n) is 1.29. The van der Waals surface area contributed by atoms with Gasteiger partial charge < -0.3 is 9.47 Å². The molecule has 12 heavy (non-hydrogen) atoms. The number of Topliss-reactive ketones (excluding diaryl/α,β-unsaturated/α-hetero) is 2. The van der Waals surface area contributed by atoms with E-state index in [0.29, 0.717) is 0 Å². The van der Waals surface area contributed by atoms with Crippen molar-refractivity contribution in [3.05, 3.63) is 0 Å². The number of hydrogen-bond donors (Lipinski definition) is 0. The Morgan fingerprint density at radius 1 is 1.00 bits per heavy atom. The van der Waals surface area contributed by atoms with E-state index in [1.165, 1.54) is 14.2 Å². The smallest absolute Gasteiger partial charge is 0.165 e. The van der Waals surface area contributed by atoms with Crippen LogP contribution in [0.25, 0.3) is 0 Å². The van der Waals surface area contributed by atoms with Crippen LogP contribution < -0.4 is 0 Å². The van der Waals surface area contributed by atoms with Crippen LogP contribution in [-0.2, 0) is 19.1 Å². The van der Waals surface area contributed by atoms with Crippen molar-refractivity contribution in [2.45, 2.75) is 25.0 Å². The lowest BCUT2D eigenvalue weighted by Crippen LogP contribution is -2.41. The summed E-state index contributed by atoms with van der Waals surface area (Å²) in [4.78, 5) is 22.4. The van der Waals surface area contributed by atoms with E-state index in [4.69, 9.17) is 9.47 Å². The third-order valence-electron chi connectivity index (χ3n) is 2.06. The molecule has 0 aromatic heterocycles. The van der Waals surface area contributed by atoms with Crippen molar-refractivity contribution in [2.75, 3.05) is 14.2 Å². The third-order valence-corrected chi connectivity index (χ3v) is 2.06. The minimum Gasteiger partial charge on any atom is -0.373 e. The average molecular weight is 172 g/mol. The number of methoxy groups -OCH3 is 2. The first-order valence-corrected chi connectivity index (χ1v) is 3.80. The number of carbonyl (C=O) groups excluding carboxylic acids is 2. The van der Waals surface area contributed by atoms with E-state index >= 15 is 0 Å². The monoisotopic (exact) mass is 172 g/mol. The van der Waals surface area contributed by atoms with Crippen LogP contribution in [0.5, 0.6) is 0 Å². The molecule has 0 bridgehead atoms. The van der Waals surface area contributed by atoms with Crippen LogP contribution in [0, 0.1) is 0 Å². The van der Waals surface area contributed by atoms with Crippen LogP contribution in [0.1, 0.15) is 12.8 Å². The summed E-state index contributed by atoms with van der Waals surface area (Å²) in [5.41, 5.74) is 0. The molecule has 4 heteroatoms. The summed E-state index contributed by atoms with van der Waals surface area (Å²) in [7, 11) is 2.87. The Labute approximate surface area is 70.8 Å². The highest BCUT2D eigenvalue weighted by Gasteiger charge is 2.34. The maximum Gasteiger partial charge on any atom is 0.165 e. The minimum atomic E-state index is -0.552. The lowest BCUT2D eigenvalue weighted by atomic mass is 9.92. The highest BCUT2D eigenvalue weighted by atomic mass is 16.5. The standard InChI is InChI=1S/C8H12O4/c1-11-7-3-6(10)8(12-2)4-5(7)9/h7-8H,3-4H2,1-2H3. The maximum atomic E-state index is 11.2. The number of ether oxygens (including phenoxy) is 2. The summed E-state index contributed by atoms with van der Waals surface area (Å²) < 4.78 is 9.68. The van der Waals surface area contributed by atoms with Gasteiger partial charge in [0.25, 0.3) is 0 Å². The second kappa shape index (κ2) is 3.78. The molecule has 1 fully saturated rings. The van der Waals surface area contributed by atoms with Gasteiger partial charge in [-0.15, -0.1) is 0 Å². The lowest BCUT2D eigenvalue weighted by molar-refractivity contribution is -0.148. The van der Waals surface area contributed by atoms with Gasteiger partial charge in [0.1, 0.15) is 12.2 Å². The summed E-state index contributed by atoms with van der Waals surface area (Å²) >= 11 is 0. The molecular formula is C8H12O4. The van der Waals surface area contributed by atoms with Crippen molar-refractivity contribution in [1.29, 1.82) is 0 Å². The minimum absolute atomic E-state index is 0.0519. The Balaban J connectivity index is 2.61. The zero-order valence-electron chi connectivity index (χ0n) is 7.20. The average Bonchev–Trinajstić information content (AvgIpc) is 2.08. The van der Waals surface area contributed by atoms with Crippen molar-refractivity contribution in [2.24, 2.45) is 0 Å².